The summed E-state index contributed by atoms with van der Waals surface area (Å²) in [7, 11) is -1.77. The zero-order valence-electron chi connectivity index (χ0n) is 16.8. The first-order valence-corrected chi connectivity index (χ1v) is 10.8. The molecule has 0 bridgehead atoms. The van der Waals surface area contributed by atoms with Crippen molar-refractivity contribution in [3.63, 3.8) is 0 Å². The smallest absolute Gasteiger partial charge is 0.191 e. The van der Waals surface area contributed by atoms with E-state index < -0.39 is 9.84 Å². The summed E-state index contributed by atoms with van der Waals surface area (Å²) in [5.74, 6) is 0.161. The Hall–Kier alpha value is -2.41. The minimum atomic E-state index is -3.39. The first-order chi connectivity index (χ1) is 13.1. The van der Waals surface area contributed by atoms with Crippen LogP contribution in [0.2, 0.25) is 0 Å². The Morgan fingerprint density at radius 2 is 1.61 bits per heavy atom. The highest BCUT2D eigenvalue weighted by atomic mass is 32.2. The van der Waals surface area contributed by atoms with Crippen LogP contribution in [0.25, 0.3) is 0 Å². The van der Waals surface area contributed by atoms with Crippen molar-refractivity contribution in [3.05, 3.63) is 65.5 Å². The molecule has 2 N–H and O–H groups in total. The maximum atomic E-state index is 12.9. The number of sulfone groups is 1. The molecule has 2 aromatic rings. The van der Waals surface area contributed by atoms with Crippen LogP contribution in [0.1, 0.15) is 31.9 Å². The quantitative estimate of drug-likeness (QED) is 0.572. The van der Waals surface area contributed by atoms with Crippen molar-refractivity contribution in [3.8, 4) is 0 Å². The second-order valence-electron chi connectivity index (χ2n) is 7.57. The van der Waals surface area contributed by atoms with Crippen LogP contribution < -0.4 is 10.6 Å². The molecule has 0 atom stereocenters. The van der Waals surface area contributed by atoms with Gasteiger partial charge in [0.25, 0.3) is 0 Å². The normalized spacial score (nSPS) is 12.7. The molecule has 0 unspecified atom stereocenters. The Labute approximate surface area is 167 Å². The topological polar surface area (TPSA) is 70.6 Å². The summed E-state index contributed by atoms with van der Waals surface area (Å²) in [5, 5.41) is 6.08. The summed E-state index contributed by atoms with van der Waals surface area (Å²) >= 11 is 0. The van der Waals surface area contributed by atoms with Crippen LogP contribution in [0.5, 0.6) is 0 Å². The van der Waals surface area contributed by atoms with E-state index in [4.69, 9.17) is 0 Å². The third kappa shape index (κ3) is 6.34. The van der Waals surface area contributed by atoms with E-state index in [1.165, 1.54) is 12.1 Å². The maximum absolute atomic E-state index is 12.9. The maximum Gasteiger partial charge on any atom is 0.191 e. The second-order valence-corrected chi connectivity index (χ2v) is 9.68. The zero-order valence-corrected chi connectivity index (χ0v) is 17.6. The van der Waals surface area contributed by atoms with Crippen molar-refractivity contribution in [2.45, 2.75) is 37.6 Å². The molecule has 0 radical (unpaired) electrons. The molecule has 7 heteroatoms. The lowest BCUT2D eigenvalue weighted by molar-refractivity contribution is 0.586. The molecule has 0 aliphatic heterocycles. The highest BCUT2D eigenvalue weighted by Crippen LogP contribution is 2.23. The van der Waals surface area contributed by atoms with Gasteiger partial charge in [0.2, 0.25) is 0 Å². The summed E-state index contributed by atoms with van der Waals surface area (Å²) in [6, 6.07) is 13.2. The number of halogens is 1. The molecule has 0 fully saturated rings. The number of hydrogen-bond acceptors (Lipinski definition) is 3. The van der Waals surface area contributed by atoms with E-state index in [2.05, 4.69) is 36.4 Å². The standard InChI is InChI=1S/C21H28FN3O2S/c1-21(2,3)17-7-11-19(12-8-17)28(26,27)14-13-24-20(23-4)25-15-16-5-9-18(22)10-6-16/h5-12H,13-15H2,1-4H3,(H2,23,24,25). The number of hydrogen-bond donors (Lipinski definition) is 2. The van der Waals surface area contributed by atoms with Crippen molar-refractivity contribution in [1.82, 2.24) is 10.6 Å². The molecule has 152 valence electrons. The monoisotopic (exact) mass is 405 g/mol. The van der Waals surface area contributed by atoms with E-state index in [0.717, 1.165) is 11.1 Å². The summed E-state index contributed by atoms with van der Waals surface area (Å²) in [4.78, 5) is 4.39. The van der Waals surface area contributed by atoms with Crippen LogP contribution in [-0.2, 0) is 21.8 Å². The van der Waals surface area contributed by atoms with Gasteiger partial charge < -0.3 is 10.6 Å². The molecule has 0 spiro atoms. The highest BCUT2D eigenvalue weighted by molar-refractivity contribution is 7.91. The molecule has 28 heavy (non-hydrogen) atoms. The molecular formula is C21H28FN3O2S. The van der Waals surface area contributed by atoms with Gasteiger partial charge in [-0.05, 0) is 40.8 Å². The van der Waals surface area contributed by atoms with Gasteiger partial charge in [0, 0.05) is 20.1 Å². The van der Waals surface area contributed by atoms with Crippen molar-refractivity contribution in [2.24, 2.45) is 4.99 Å². The lowest BCUT2D eigenvalue weighted by atomic mass is 9.87. The summed E-state index contributed by atoms with van der Waals surface area (Å²) in [5.41, 5.74) is 1.97. The van der Waals surface area contributed by atoms with Crippen LogP contribution in [0.15, 0.2) is 58.4 Å². The molecule has 0 aromatic heterocycles. The van der Waals surface area contributed by atoms with E-state index in [0.29, 0.717) is 17.4 Å². The zero-order chi connectivity index (χ0) is 20.8. The van der Waals surface area contributed by atoms with Gasteiger partial charge in [-0.1, -0.05) is 45.0 Å². The van der Waals surface area contributed by atoms with Gasteiger partial charge >= 0.3 is 0 Å². The minimum Gasteiger partial charge on any atom is -0.355 e. The number of nitrogens with one attached hydrogen (secondary N) is 2. The molecule has 0 aliphatic rings. The van der Waals surface area contributed by atoms with Crippen LogP contribution in [0.4, 0.5) is 4.39 Å². The third-order valence-electron chi connectivity index (χ3n) is 4.34. The molecular weight excluding hydrogens is 377 g/mol. The molecule has 0 saturated carbocycles. The Morgan fingerprint density at radius 3 is 2.14 bits per heavy atom. The molecule has 0 saturated heterocycles. The van der Waals surface area contributed by atoms with Gasteiger partial charge in [-0.15, -0.1) is 0 Å². The van der Waals surface area contributed by atoms with E-state index in [-0.39, 0.29) is 23.5 Å². The van der Waals surface area contributed by atoms with E-state index in [1.54, 1.807) is 31.3 Å². The molecule has 0 heterocycles. The number of aliphatic imine (C=N–C) groups is 1. The molecule has 0 amide bonds. The Balaban J connectivity index is 1.88. The van der Waals surface area contributed by atoms with Gasteiger partial charge in [-0.25, -0.2) is 12.8 Å². The molecule has 5 nitrogen and oxygen atoms in total. The lowest BCUT2D eigenvalue weighted by Crippen LogP contribution is -2.39. The van der Waals surface area contributed by atoms with Gasteiger partial charge in [0.05, 0.1) is 10.6 Å². The van der Waals surface area contributed by atoms with Crippen LogP contribution >= 0.6 is 0 Å². The highest BCUT2D eigenvalue weighted by Gasteiger charge is 2.17. The van der Waals surface area contributed by atoms with Crippen LogP contribution in [0.3, 0.4) is 0 Å². The average molecular weight is 406 g/mol. The van der Waals surface area contributed by atoms with Crippen LogP contribution in [-0.4, -0.2) is 33.7 Å². The fourth-order valence-corrected chi connectivity index (χ4v) is 3.75. The minimum absolute atomic E-state index is 0.0213. The molecule has 2 aromatic carbocycles. The number of nitrogens with zero attached hydrogens (tertiary/aromatic N) is 1. The third-order valence-corrected chi connectivity index (χ3v) is 6.07. The van der Waals surface area contributed by atoms with Crippen molar-refractivity contribution < 1.29 is 12.8 Å². The number of benzene rings is 2. The Bertz CT molecular complexity index is 900. The van der Waals surface area contributed by atoms with E-state index >= 15 is 0 Å². The van der Waals surface area contributed by atoms with Gasteiger partial charge in [-0.2, -0.15) is 0 Å². The lowest BCUT2D eigenvalue weighted by Gasteiger charge is -2.19. The predicted octanol–water partition coefficient (Wildman–Crippen LogP) is 3.26. The first-order valence-electron chi connectivity index (χ1n) is 9.14. The second kappa shape index (κ2) is 9.19. The number of rotatable bonds is 6. The largest absolute Gasteiger partial charge is 0.355 e. The fraction of sp³-hybridized carbons (Fsp3) is 0.381. The van der Waals surface area contributed by atoms with Crippen LogP contribution in [0, 0.1) is 5.82 Å². The molecule has 2 rings (SSSR count). The summed E-state index contributed by atoms with van der Waals surface area (Å²) < 4.78 is 38.0. The van der Waals surface area contributed by atoms with Crippen molar-refractivity contribution in [1.29, 1.82) is 0 Å². The van der Waals surface area contributed by atoms with Crippen molar-refractivity contribution >= 4 is 15.8 Å². The van der Waals surface area contributed by atoms with Gasteiger partial charge in [-0.3, -0.25) is 4.99 Å². The fourth-order valence-electron chi connectivity index (χ4n) is 2.59. The summed E-state index contributed by atoms with van der Waals surface area (Å²) in [6.45, 7) is 6.95. The van der Waals surface area contributed by atoms with Crippen molar-refractivity contribution in [2.75, 3.05) is 19.3 Å². The average Bonchev–Trinajstić information content (AvgIpc) is 2.65. The predicted molar refractivity (Wildman–Crippen MR) is 112 cm³/mol. The SMILES string of the molecule is CN=C(NCCS(=O)(=O)c1ccc(C(C)(C)C)cc1)NCc1ccc(F)cc1. The first kappa shape index (κ1) is 21.9. The summed E-state index contributed by atoms with van der Waals surface area (Å²) in [6.07, 6.45) is 0. The van der Waals surface area contributed by atoms with Gasteiger partial charge in [0.1, 0.15) is 5.82 Å². The van der Waals surface area contributed by atoms with E-state index in [9.17, 15) is 12.8 Å². The molecule has 0 aliphatic carbocycles. The van der Waals surface area contributed by atoms with E-state index in [1.807, 2.05) is 12.1 Å². The van der Waals surface area contributed by atoms with Gasteiger partial charge in [0.15, 0.2) is 15.8 Å². The number of guanidine groups is 1. The Kier molecular flexibility index (Phi) is 7.18. The Morgan fingerprint density at radius 1 is 1.00 bits per heavy atom.